The molecule has 1 saturated heterocycles. The van der Waals surface area contributed by atoms with Crippen LogP contribution in [-0.4, -0.2) is 57.7 Å². The number of thiazole rings is 1. The fourth-order valence-electron chi connectivity index (χ4n) is 3.56. The van der Waals surface area contributed by atoms with Crippen molar-refractivity contribution in [1.82, 2.24) is 15.2 Å². The zero-order valence-electron chi connectivity index (χ0n) is 17.3. The Morgan fingerprint density at radius 2 is 2.24 bits per heavy atom. The molecule has 4 rings (SSSR count). The number of aromatic nitrogens is 2. The molecule has 0 aliphatic carbocycles. The fraction of sp³-hybridized carbons (Fsp3) is 0.263. The van der Waals surface area contributed by atoms with E-state index in [0.717, 1.165) is 16.2 Å². The summed E-state index contributed by atoms with van der Waals surface area (Å²) in [4.78, 5) is 47.4. The summed E-state index contributed by atoms with van der Waals surface area (Å²) < 4.78 is 1.73. The van der Waals surface area contributed by atoms with Gasteiger partial charge in [0.1, 0.15) is 24.2 Å². The number of β-lactam (4-membered cyclic amide) rings is 1. The Labute approximate surface area is 195 Å². The van der Waals surface area contributed by atoms with Crippen molar-refractivity contribution in [3.05, 3.63) is 46.9 Å². The summed E-state index contributed by atoms with van der Waals surface area (Å²) in [7, 11) is 1.27. The monoisotopic (exact) mass is 489 g/mol. The normalized spacial score (nSPS) is 20.2. The van der Waals surface area contributed by atoms with E-state index >= 15 is 0 Å². The van der Waals surface area contributed by atoms with Crippen molar-refractivity contribution in [3.63, 3.8) is 0 Å². The number of pyridine rings is 1. The van der Waals surface area contributed by atoms with Crippen molar-refractivity contribution in [3.8, 4) is 0 Å². The van der Waals surface area contributed by atoms with Gasteiger partial charge in [-0.15, -0.1) is 23.1 Å². The van der Waals surface area contributed by atoms with Crippen LogP contribution in [0, 0.1) is 0 Å². The second-order valence-corrected chi connectivity index (χ2v) is 9.10. The summed E-state index contributed by atoms with van der Waals surface area (Å²) in [5, 5.41) is 19.4. The minimum Gasteiger partial charge on any atom is -0.543 e. The lowest BCUT2D eigenvalue weighted by molar-refractivity contribution is -0.688. The lowest BCUT2D eigenvalue weighted by Crippen LogP contribution is -2.71. The summed E-state index contributed by atoms with van der Waals surface area (Å²) in [6, 6.07) is 2.50. The molecule has 2 aliphatic rings. The summed E-state index contributed by atoms with van der Waals surface area (Å²) in [5.74, 6) is -2.39. The molecule has 2 aromatic heterocycles. The number of hydrogen-bond acceptors (Lipinski definition) is 11. The van der Waals surface area contributed by atoms with Crippen LogP contribution in [-0.2, 0) is 25.8 Å². The molecule has 0 aromatic carbocycles. The highest BCUT2D eigenvalue weighted by molar-refractivity contribution is 8.00. The van der Waals surface area contributed by atoms with Gasteiger partial charge in [0.15, 0.2) is 29.8 Å². The van der Waals surface area contributed by atoms with Gasteiger partial charge in [-0.1, -0.05) is 5.16 Å². The Hall–Kier alpha value is -3.65. The van der Waals surface area contributed by atoms with Gasteiger partial charge in [0.2, 0.25) is 0 Å². The van der Waals surface area contributed by atoms with Crippen molar-refractivity contribution >= 4 is 57.4 Å². The van der Waals surface area contributed by atoms with Gasteiger partial charge in [0.25, 0.3) is 11.8 Å². The number of nitrogens with zero attached hydrogens (tertiary/aromatic N) is 4. The van der Waals surface area contributed by atoms with Crippen LogP contribution in [0.25, 0.3) is 0 Å². The van der Waals surface area contributed by atoms with E-state index in [9.17, 15) is 19.5 Å². The Morgan fingerprint density at radius 3 is 2.88 bits per heavy atom. The van der Waals surface area contributed by atoms with Crippen LogP contribution in [0.1, 0.15) is 5.69 Å². The molecule has 0 saturated carbocycles. The highest BCUT2D eigenvalue weighted by Gasteiger charge is 2.53. The van der Waals surface area contributed by atoms with E-state index in [1.165, 1.54) is 24.3 Å². The third-order valence-corrected chi connectivity index (χ3v) is 6.96. The molecule has 2 aliphatic heterocycles. The summed E-state index contributed by atoms with van der Waals surface area (Å²) in [6.07, 6.45) is 3.41. The lowest BCUT2D eigenvalue weighted by Gasteiger charge is -2.50. The van der Waals surface area contributed by atoms with E-state index in [4.69, 9.17) is 16.3 Å². The molecule has 1 fully saturated rings. The molecule has 2 atom stereocenters. The Morgan fingerprint density at radius 1 is 1.45 bits per heavy atom. The molecule has 14 heteroatoms. The standard InChI is InChI=1S/C19H19N7O5S2/c1-31-24-12(11-8-33-19(21)22-11)15(27)23-13-16(28)26-14(18(29)30)9(7-32-17(13)26)5-25-4-2-3-10(20)6-25/h2-4,6,8,13,17H,5,7,20H2,1H3,(H3-,21,22,23,27,29,30)/b24-12+/t13?,17-/m1/s1. The second-order valence-electron chi connectivity index (χ2n) is 7.10. The topological polar surface area (TPSA) is 180 Å². The third-order valence-electron chi connectivity index (χ3n) is 4.94. The van der Waals surface area contributed by atoms with Crippen LogP contribution < -0.4 is 26.5 Å². The van der Waals surface area contributed by atoms with Gasteiger partial charge in [-0.05, 0) is 6.07 Å². The van der Waals surface area contributed by atoms with Crippen LogP contribution in [0.15, 0.2) is 46.3 Å². The Kier molecular flexibility index (Phi) is 6.20. The van der Waals surface area contributed by atoms with Crippen LogP contribution in [0.4, 0.5) is 10.8 Å². The zero-order chi connectivity index (χ0) is 23.7. The average Bonchev–Trinajstić information content (AvgIpc) is 3.21. The smallest absolute Gasteiger partial charge is 0.276 e. The number of amides is 2. The van der Waals surface area contributed by atoms with Crippen LogP contribution >= 0.6 is 23.1 Å². The molecular weight excluding hydrogens is 470 g/mol. The number of carbonyl (C=O) groups is 3. The summed E-state index contributed by atoms with van der Waals surface area (Å²) in [5.41, 5.74) is 12.3. The number of nitrogen functional groups attached to an aromatic ring is 2. The van der Waals surface area contributed by atoms with Crippen molar-refractivity contribution in [1.29, 1.82) is 0 Å². The van der Waals surface area contributed by atoms with Gasteiger partial charge in [-0.2, -0.15) is 4.57 Å². The predicted molar refractivity (Wildman–Crippen MR) is 118 cm³/mol. The average molecular weight is 490 g/mol. The molecule has 0 bridgehead atoms. The largest absolute Gasteiger partial charge is 0.543 e. The van der Waals surface area contributed by atoms with Gasteiger partial charge in [-0.25, -0.2) is 4.98 Å². The number of hydrogen-bond donors (Lipinski definition) is 3. The molecule has 33 heavy (non-hydrogen) atoms. The Bertz CT molecular complexity index is 1190. The first-order chi connectivity index (χ1) is 15.8. The van der Waals surface area contributed by atoms with Crippen molar-refractivity contribution in [2.24, 2.45) is 5.16 Å². The zero-order valence-corrected chi connectivity index (χ0v) is 18.9. The van der Waals surface area contributed by atoms with Crippen LogP contribution in [0.3, 0.4) is 0 Å². The third kappa shape index (κ3) is 4.34. The van der Waals surface area contributed by atoms with Crippen LogP contribution in [0.2, 0.25) is 0 Å². The molecule has 2 amide bonds. The van der Waals surface area contributed by atoms with Gasteiger partial charge < -0.3 is 31.5 Å². The molecular formula is C19H19N7O5S2. The van der Waals surface area contributed by atoms with Crippen molar-refractivity contribution in [2.45, 2.75) is 18.0 Å². The number of rotatable bonds is 7. The number of fused-ring (bicyclic) bond motifs is 1. The summed E-state index contributed by atoms with van der Waals surface area (Å²) >= 11 is 2.46. The molecule has 1 unspecified atom stereocenters. The van der Waals surface area contributed by atoms with E-state index in [2.05, 4.69) is 15.5 Å². The molecule has 0 spiro atoms. The molecule has 2 aromatic rings. The maximum Gasteiger partial charge on any atom is 0.276 e. The second kappa shape index (κ2) is 9.07. The highest BCUT2D eigenvalue weighted by atomic mass is 32.2. The highest BCUT2D eigenvalue weighted by Crippen LogP contribution is 2.40. The maximum absolute atomic E-state index is 12.9. The minimum absolute atomic E-state index is 0.146. The van der Waals surface area contributed by atoms with Gasteiger partial charge in [-0.3, -0.25) is 14.5 Å². The number of aliphatic carboxylic acids is 1. The fourth-order valence-corrected chi connectivity index (χ4v) is 5.44. The lowest BCUT2D eigenvalue weighted by atomic mass is 10.0. The number of carbonyl (C=O) groups excluding carboxylic acids is 3. The van der Waals surface area contributed by atoms with E-state index in [1.807, 2.05) is 0 Å². The summed E-state index contributed by atoms with van der Waals surface area (Å²) in [6.45, 7) is 0.227. The number of oxime groups is 1. The van der Waals surface area contributed by atoms with Gasteiger partial charge in [0, 0.05) is 22.8 Å². The first kappa shape index (κ1) is 22.5. The van der Waals surface area contributed by atoms with Crippen molar-refractivity contribution in [2.75, 3.05) is 24.3 Å². The van der Waals surface area contributed by atoms with E-state index in [0.29, 0.717) is 17.0 Å². The maximum atomic E-state index is 12.9. The number of nitrogens with one attached hydrogen (secondary N) is 1. The number of carboxylic acid groups (broad SMARTS) is 1. The van der Waals surface area contributed by atoms with E-state index in [-0.39, 0.29) is 28.8 Å². The molecule has 4 heterocycles. The van der Waals surface area contributed by atoms with E-state index < -0.39 is 29.2 Å². The number of nitrogens with two attached hydrogens (primary N) is 2. The number of thioether (sulfide) groups is 1. The van der Waals surface area contributed by atoms with Crippen molar-refractivity contribution < 1.29 is 28.9 Å². The Balaban J connectivity index is 1.54. The predicted octanol–water partition coefficient (Wildman–Crippen LogP) is -1.95. The first-order valence-corrected chi connectivity index (χ1v) is 11.5. The van der Waals surface area contributed by atoms with E-state index in [1.54, 1.807) is 29.1 Å². The number of anilines is 2. The SMILES string of the molecule is CO/N=C(/C(=O)NC1C(=O)N2C(C(=O)[O-])=C(C[n+]3cccc(N)c3)CS[C@H]12)c1csc(N)n1. The molecule has 172 valence electrons. The van der Waals surface area contributed by atoms with Gasteiger partial charge in [0.05, 0.1) is 17.4 Å². The van der Waals surface area contributed by atoms with Gasteiger partial charge >= 0.3 is 0 Å². The minimum atomic E-state index is -1.46. The van der Waals surface area contributed by atoms with Crippen LogP contribution in [0.5, 0.6) is 0 Å². The number of carboxylic acids is 1. The molecule has 0 radical (unpaired) electrons. The first-order valence-electron chi connectivity index (χ1n) is 9.56. The molecule has 5 N–H and O–H groups in total. The molecule has 12 nitrogen and oxygen atoms in total. The quantitative estimate of drug-likeness (QED) is 0.172.